The zero-order valence-electron chi connectivity index (χ0n) is 18.4. The summed E-state index contributed by atoms with van der Waals surface area (Å²) in [5.41, 5.74) is 4.66. The molecule has 0 saturated heterocycles. The third-order valence-corrected chi connectivity index (χ3v) is 6.48. The monoisotopic (exact) mass is 404 g/mol. The molecular formula is C26H32N2O2. The average Bonchev–Trinajstić information content (AvgIpc) is 2.75. The molecule has 0 spiro atoms. The largest absolute Gasteiger partial charge is 0.858 e. The Morgan fingerprint density at radius 1 is 1.07 bits per heavy atom. The molecule has 158 valence electrons. The molecule has 1 aliphatic heterocycles. The quantitative estimate of drug-likeness (QED) is 0.409. The SMILES string of the molecule is Cc1ccc2c(c1)OCC(C([O-])=Nc1ccc(C[N+](C)(C)C3CCCCC3)cc1)=C2. The number of rotatable bonds is 5. The lowest BCUT2D eigenvalue weighted by Gasteiger charge is -2.40. The fraction of sp³-hybridized carbons (Fsp3) is 0.423. The predicted molar refractivity (Wildman–Crippen MR) is 121 cm³/mol. The Bertz CT molecular complexity index is 951. The second-order valence-corrected chi connectivity index (χ2v) is 9.31. The van der Waals surface area contributed by atoms with Crippen molar-refractivity contribution in [2.75, 3.05) is 20.7 Å². The van der Waals surface area contributed by atoms with Gasteiger partial charge in [-0.1, -0.05) is 30.7 Å². The van der Waals surface area contributed by atoms with Crippen LogP contribution in [0.4, 0.5) is 5.69 Å². The van der Waals surface area contributed by atoms with Gasteiger partial charge in [0.25, 0.3) is 0 Å². The van der Waals surface area contributed by atoms with Gasteiger partial charge >= 0.3 is 0 Å². The van der Waals surface area contributed by atoms with Crippen molar-refractivity contribution in [1.82, 2.24) is 0 Å². The summed E-state index contributed by atoms with van der Waals surface area (Å²) in [6.07, 6.45) is 8.64. The summed E-state index contributed by atoms with van der Waals surface area (Å²) in [5, 5.41) is 12.6. The Labute approximate surface area is 180 Å². The van der Waals surface area contributed by atoms with E-state index >= 15 is 0 Å². The number of hydrogen-bond acceptors (Lipinski definition) is 3. The van der Waals surface area contributed by atoms with Crippen LogP contribution in [-0.4, -0.2) is 37.1 Å². The molecular weight excluding hydrogens is 372 g/mol. The van der Waals surface area contributed by atoms with E-state index in [1.54, 1.807) is 0 Å². The smallest absolute Gasteiger partial charge is 0.127 e. The molecule has 1 fully saturated rings. The normalized spacial score (nSPS) is 17.8. The van der Waals surface area contributed by atoms with Gasteiger partial charge in [-0.2, -0.15) is 0 Å². The minimum atomic E-state index is -0.229. The maximum atomic E-state index is 12.6. The molecule has 4 rings (SSSR count). The maximum Gasteiger partial charge on any atom is 0.127 e. The average molecular weight is 405 g/mol. The summed E-state index contributed by atoms with van der Waals surface area (Å²) in [7, 11) is 4.68. The predicted octanol–water partition coefficient (Wildman–Crippen LogP) is 4.77. The number of benzene rings is 2. The molecule has 0 unspecified atom stereocenters. The second-order valence-electron chi connectivity index (χ2n) is 9.31. The number of quaternary nitrogens is 1. The zero-order valence-corrected chi connectivity index (χ0v) is 18.4. The maximum absolute atomic E-state index is 12.6. The molecule has 0 atom stereocenters. The molecule has 2 aliphatic rings. The number of fused-ring (bicyclic) bond motifs is 1. The summed E-state index contributed by atoms with van der Waals surface area (Å²) in [6.45, 7) is 3.31. The lowest BCUT2D eigenvalue weighted by Crippen LogP contribution is -2.48. The topological polar surface area (TPSA) is 44.6 Å². The number of nitrogens with zero attached hydrogens (tertiary/aromatic N) is 2. The molecule has 4 heteroatoms. The van der Waals surface area contributed by atoms with E-state index in [4.69, 9.17) is 4.74 Å². The molecule has 0 aromatic heterocycles. The van der Waals surface area contributed by atoms with Crippen molar-refractivity contribution in [3.63, 3.8) is 0 Å². The van der Waals surface area contributed by atoms with E-state index in [2.05, 4.69) is 31.2 Å². The van der Waals surface area contributed by atoms with Crippen LogP contribution in [0.25, 0.3) is 6.08 Å². The van der Waals surface area contributed by atoms with E-state index in [9.17, 15) is 5.11 Å². The van der Waals surface area contributed by atoms with Gasteiger partial charge in [0.15, 0.2) is 0 Å². The first kappa shape index (κ1) is 20.7. The molecule has 30 heavy (non-hydrogen) atoms. The van der Waals surface area contributed by atoms with Crippen LogP contribution in [-0.2, 0) is 6.54 Å². The first-order valence-corrected chi connectivity index (χ1v) is 11.0. The highest BCUT2D eigenvalue weighted by molar-refractivity contribution is 5.97. The highest BCUT2D eigenvalue weighted by atomic mass is 16.5. The van der Waals surface area contributed by atoms with Crippen LogP contribution < -0.4 is 9.84 Å². The Morgan fingerprint density at radius 2 is 1.80 bits per heavy atom. The minimum absolute atomic E-state index is 0.229. The third-order valence-electron chi connectivity index (χ3n) is 6.48. The molecule has 0 amide bonds. The molecule has 2 aromatic rings. The van der Waals surface area contributed by atoms with Gasteiger partial charge in [0.2, 0.25) is 0 Å². The van der Waals surface area contributed by atoms with Crippen molar-refractivity contribution in [1.29, 1.82) is 0 Å². The second kappa shape index (κ2) is 8.65. The van der Waals surface area contributed by atoms with Gasteiger partial charge in [0.05, 0.1) is 25.8 Å². The lowest BCUT2D eigenvalue weighted by atomic mass is 9.92. The summed E-state index contributed by atoms with van der Waals surface area (Å²) in [6, 6.07) is 14.9. The van der Waals surface area contributed by atoms with Gasteiger partial charge in [0.1, 0.15) is 18.9 Å². The van der Waals surface area contributed by atoms with E-state index < -0.39 is 0 Å². The molecule has 1 heterocycles. The number of aliphatic imine (C=N–C) groups is 1. The van der Waals surface area contributed by atoms with E-state index in [0.29, 0.717) is 11.3 Å². The Balaban J connectivity index is 1.45. The van der Waals surface area contributed by atoms with E-state index in [-0.39, 0.29) is 12.5 Å². The summed E-state index contributed by atoms with van der Waals surface area (Å²) in [5.74, 6) is 0.599. The van der Waals surface area contributed by atoms with Crippen molar-refractivity contribution in [3.8, 4) is 5.75 Å². The van der Waals surface area contributed by atoms with Gasteiger partial charge in [-0.3, -0.25) is 4.99 Å². The molecule has 4 nitrogen and oxygen atoms in total. The minimum Gasteiger partial charge on any atom is -0.858 e. The van der Waals surface area contributed by atoms with Gasteiger partial charge in [0, 0.05) is 16.7 Å². The fourth-order valence-corrected chi connectivity index (χ4v) is 4.64. The Morgan fingerprint density at radius 3 is 2.53 bits per heavy atom. The Kier molecular flexibility index (Phi) is 5.96. The van der Waals surface area contributed by atoms with Crippen LogP contribution in [0.2, 0.25) is 0 Å². The molecule has 1 saturated carbocycles. The fourth-order valence-electron chi connectivity index (χ4n) is 4.64. The molecule has 0 radical (unpaired) electrons. The van der Waals surface area contributed by atoms with Crippen LogP contribution in [0.15, 0.2) is 53.0 Å². The lowest BCUT2D eigenvalue weighted by molar-refractivity contribution is -0.929. The van der Waals surface area contributed by atoms with Crippen LogP contribution in [0.3, 0.4) is 0 Å². The highest BCUT2D eigenvalue weighted by Gasteiger charge is 2.29. The van der Waals surface area contributed by atoms with Crippen LogP contribution in [0.1, 0.15) is 48.8 Å². The Hall–Kier alpha value is -2.59. The standard InChI is InChI=1S/C26H32N2O2/c1-19-9-12-21-16-22(18-30-25(21)15-19)26(29)27-23-13-10-20(11-14-23)17-28(2,3)24-7-5-4-6-8-24/h9-16,24H,4-8,17-18H2,1-3H3. The third kappa shape index (κ3) is 4.76. The van der Waals surface area contributed by atoms with Gasteiger partial charge in [-0.15, -0.1) is 0 Å². The molecule has 0 bridgehead atoms. The van der Waals surface area contributed by atoms with Crippen LogP contribution in [0, 0.1) is 6.92 Å². The van der Waals surface area contributed by atoms with Crippen molar-refractivity contribution in [2.45, 2.75) is 51.6 Å². The van der Waals surface area contributed by atoms with E-state index in [1.807, 2.05) is 43.3 Å². The van der Waals surface area contributed by atoms with Gasteiger partial charge in [-0.25, -0.2) is 0 Å². The number of ether oxygens (including phenoxy) is 1. The van der Waals surface area contributed by atoms with Crippen molar-refractivity contribution >= 4 is 17.7 Å². The van der Waals surface area contributed by atoms with Crippen LogP contribution in [0.5, 0.6) is 5.75 Å². The van der Waals surface area contributed by atoms with E-state index in [0.717, 1.165) is 33.9 Å². The van der Waals surface area contributed by atoms with Crippen molar-refractivity contribution in [2.24, 2.45) is 4.99 Å². The van der Waals surface area contributed by atoms with Crippen LogP contribution >= 0.6 is 0 Å². The van der Waals surface area contributed by atoms with Crippen molar-refractivity contribution in [3.05, 3.63) is 64.7 Å². The highest BCUT2D eigenvalue weighted by Crippen LogP contribution is 2.29. The van der Waals surface area contributed by atoms with Crippen molar-refractivity contribution < 1.29 is 14.3 Å². The number of hydrogen-bond donors (Lipinski definition) is 0. The molecule has 1 aliphatic carbocycles. The molecule has 2 aromatic carbocycles. The van der Waals surface area contributed by atoms with Gasteiger partial charge < -0.3 is 14.3 Å². The summed E-state index contributed by atoms with van der Waals surface area (Å²) >= 11 is 0. The van der Waals surface area contributed by atoms with Gasteiger partial charge in [-0.05, 0) is 68.3 Å². The first-order chi connectivity index (χ1) is 14.4. The van der Waals surface area contributed by atoms with E-state index in [1.165, 1.54) is 37.7 Å². The zero-order chi connectivity index (χ0) is 21.1. The summed E-state index contributed by atoms with van der Waals surface area (Å²) < 4.78 is 6.78. The first-order valence-electron chi connectivity index (χ1n) is 11.0. The summed E-state index contributed by atoms with van der Waals surface area (Å²) in [4.78, 5) is 4.31. The molecule has 0 N–H and O–H groups in total. The number of aryl methyl sites for hydroxylation is 1.